The number of ether oxygens (including phenoxy) is 1. The first-order chi connectivity index (χ1) is 15.0. The van der Waals surface area contributed by atoms with Crippen LogP contribution in [0.3, 0.4) is 0 Å². The number of imidazole rings is 1. The Morgan fingerprint density at radius 3 is 2.55 bits per heavy atom. The van der Waals surface area contributed by atoms with Gasteiger partial charge in [0.05, 0.1) is 22.7 Å². The summed E-state index contributed by atoms with van der Waals surface area (Å²) in [5.41, 5.74) is 2.19. The maximum atomic E-state index is 12.6. The molecule has 1 aliphatic carbocycles. The van der Waals surface area contributed by atoms with E-state index in [0.29, 0.717) is 17.1 Å². The van der Waals surface area contributed by atoms with E-state index < -0.39 is 4.92 Å². The summed E-state index contributed by atoms with van der Waals surface area (Å²) < 4.78 is 7.26. The van der Waals surface area contributed by atoms with Gasteiger partial charge in [-0.05, 0) is 61.9 Å². The molecule has 0 bridgehead atoms. The van der Waals surface area contributed by atoms with Crippen molar-refractivity contribution in [1.82, 2.24) is 9.38 Å². The van der Waals surface area contributed by atoms with E-state index in [1.54, 1.807) is 28.8 Å². The van der Waals surface area contributed by atoms with Crippen molar-refractivity contribution in [1.29, 1.82) is 0 Å². The number of carbonyl (C=O) groups excluding carboxylic acids is 1. The molecule has 0 radical (unpaired) electrons. The molecule has 0 saturated heterocycles. The number of nitro groups is 1. The molecule has 0 amide bonds. The van der Waals surface area contributed by atoms with Gasteiger partial charge in [-0.1, -0.05) is 26.2 Å². The Morgan fingerprint density at radius 1 is 1.13 bits per heavy atom. The first-order valence-corrected chi connectivity index (χ1v) is 11.0. The SMILES string of the molecule is CCCCC1CCC(C(=O)Oc2ccc(-c3cn4cc([N+](=O)[O-])ccc4n3)cc2)CC1. The molecule has 1 fully saturated rings. The van der Waals surface area contributed by atoms with E-state index in [4.69, 9.17) is 4.74 Å². The molecule has 7 nitrogen and oxygen atoms in total. The first-order valence-electron chi connectivity index (χ1n) is 11.0. The Kier molecular flexibility index (Phi) is 6.30. The highest BCUT2D eigenvalue weighted by Crippen LogP contribution is 2.33. The van der Waals surface area contributed by atoms with Gasteiger partial charge in [-0.3, -0.25) is 19.3 Å². The topological polar surface area (TPSA) is 86.7 Å². The lowest BCUT2D eigenvalue weighted by atomic mass is 9.80. The van der Waals surface area contributed by atoms with Gasteiger partial charge in [0, 0.05) is 17.8 Å². The van der Waals surface area contributed by atoms with E-state index >= 15 is 0 Å². The van der Waals surface area contributed by atoms with Crippen LogP contribution >= 0.6 is 0 Å². The van der Waals surface area contributed by atoms with Crippen LogP contribution < -0.4 is 4.74 Å². The fourth-order valence-electron chi connectivity index (χ4n) is 4.30. The first kappa shape index (κ1) is 21.0. The minimum absolute atomic E-state index is 0.00761. The Hall–Kier alpha value is -3.22. The number of esters is 1. The average Bonchev–Trinajstić information content (AvgIpc) is 3.22. The van der Waals surface area contributed by atoms with E-state index in [0.717, 1.165) is 37.2 Å². The molecule has 31 heavy (non-hydrogen) atoms. The fourth-order valence-corrected chi connectivity index (χ4v) is 4.30. The van der Waals surface area contributed by atoms with Gasteiger partial charge in [0.15, 0.2) is 0 Å². The third kappa shape index (κ3) is 4.93. The lowest BCUT2D eigenvalue weighted by molar-refractivity contribution is -0.385. The maximum absolute atomic E-state index is 12.6. The molecule has 0 atom stereocenters. The molecule has 1 aliphatic rings. The zero-order valence-electron chi connectivity index (χ0n) is 17.7. The molecule has 1 saturated carbocycles. The summed E-state index contributed by atoms with van der Waals surface area (Å²) in [6.45, 7) is 2.22. The summed E-state index contributed by atoms with van der Waals surface area (Å²) in [5, 5.41) is 10.9. The number of carbonyl (C=O) groups is 1. The van der Waals surface area contributed by atoms with Crippen LogP contribution in [0.15, 0.2) is 48.8 Å². The molecule has 4 rings (SSSR count). The van der Waals surface area contributed by atoms with Crippen LogP contribution in [0.1, 0.15) is 51.9 Å². The Balaban J connectivity index is 1.38. The molecule has 0 spiro atoms. The quantitative estimate of drug-likeness (QED) is 0.208. The van der Waals surface area contributed by atoms with Crippen LogP contribution in [0.4, 0.5) is 5.69 Å². The second-order valence-corrected chi connectivity index (χ2v) is 8.34. The number of benzene rings is 1. The highest BCUT2D eigenvalue weighted by Gasteiger charge is 2.27. The molecule has 0 aliphatic heterocycles. The largest absolute Gasteiger partial charge is 0.426 e. The molecule has 1 aromatic carbocycles. The summed E-state index contributed by atoms with van der Waals surface area (Å²) in [6, 6.07) is 10.3. The molecular formula is C24H27N3O4. The standard InChI is InChI=1S/C24H27N3O4/c1-2-3-4-17-5-7-19(8-6-17)24(28)31-21-12-9-18(10-13-21)22-16-26-15-20(27(29)30)11-14-23(26)25-22/h9-17,19H,2-8H2,1H3. The highest BCUT2D eigenvalue weighted by atomic mass is 16.6. The summed E-state index contributed by atoms with van der Waals surface area (Å²) >= 11 is 0. The van der Waals surface area contributed by atoms with Crippen molar-refractivity contribution in [3.63, 3.8) is 0 Å². The number of aromatic nitrogens is 2. The molecular weight excluding hydrogens is 394 g/mol. The Bertz CT molecular complexity index is 1070. The zero-order chi connectivity index (χ0) is 21.8. The van der Waals surface area contributed by atoms with Gasteiger partial charge in [0.1, 0.15) is 11.4 Å². The number of nitrogens with zero attached hydrogens (tertiary/aromatic N) is 3. The summed E-state index contributed by atoms with van der Waals surface area (Å²) in [6.07, 6.45) is 11.0. The molecule has 3 aromatic rings. The van der Waals surface area contributed by atoms with Crippen LogP contribution in [0.2, 0.25) is 0 Å². The van der Waals surface area contributed by atoms with Crippen molar-refractivity contribution < 1.29 is 14.5 Å². The highest BCUT2D eigenvalue weighted by molar-refractivity contribution is 5.75. The van der Waals surface area contributed by atoms with Crippen LogP contribution in [0, 0.1) is 22.0 Å². The minimum atomic E-state index is -0.431. The normalized spacial score (nSPS) is 18.7. The van der Waals surface area contributed by atoms with Gasteiger partial charge in [0.2, 0.25) is 0 Å². The number of pyridine rings is 1. The maximum Gasteiger partial charge on any atom is 0.314 e. The van der Waals surface area contributed by atoms with E-state index in [9.17, 15) is 14.9 Å². The molecule has 2 aromatic heterocycles. The summed E-state index contributed by atoms with van der Waals surface area (Å²) in [5.74, 6) is 1.14. The smallest absolute Gasteiger partial charge is 0.314 e. The van der Waals surface area contributed by atoms with Gasteiger partial charge in [0.25, 0.3) is 5.69 Å². The Morgan fingerprint density at radius 2 is 1.87 bits per heavy atom. The predicted octanol–water partition coefficient (Wildman–Crippen LogP) is 5.81. The monoisotopic (exact) mass is 421 g/mol. The van der Waals surface area contributed by atoms with Crippen LogP contribution in [0.25, 0.3) is 16.9 Å². The lowest BCUT2D eigenvalue weighted by Crippen LogP contribution is -2.25. The third-order valence-corrected chi connectivity index (χ3v) is 6.16. The molecule has 7 heteroatoms. The van der Waals surface area contributed by atoms with Gasteiger partial charge >= 0.3 is 5.97 Å². The van der Waals surface area contributed by atoms with Crippen LogP contribution in [0.5, 0.6) is 5.75 Å². The third-order valence-electron chi connectivity index (χ3n) is 6.16. The number of rotatable bonds is 7. The number of hydrogen-bond acceptors (Lipinski definition) is 5. The van der Waals surface area contributed by atoms with Crippen LogP contribution in [-0.2, 0) is 4.79 Å². The summed E-state index contributed by atoms with van der Waals surface area (Å²) in [7, 11) is 0. The molecule has 162 valence electrons. The zero-order valence-corrected chi connectivity index (χ0v) is 17.7. The predicted molar refractivity (Wildman–Crippen MR) is 118 cm³/mol. The molecule has 0 unspecified atom stereocenters. The molecule has 2 heterocycles. The van der Waals surface area contributed by atoms with E-state index in [2.05, 4.69) is 11.9 Å². The van der Waals surface area contributed by atoms with Crippen molar-refractivity contribution in [2.24, 2.45) is 11.8 Å². The second kappa shape index (κ2) is 9.29. The van der Waals surface area contributed by atoms with E-state index in [-0.39, 0.29) is 17.6 Å². The number of hydrogen-bond donors (Lipinski definition) is 0. The lowest BCUT2D eigenvalue weighted by Gasteiger charge is -2.27. The van der Waals surface area contributed by atoms with Crippen molar-refractivity contribution in [2.45, 2.75) is 51.9 Å². The van der Waals surface area contributed by atoms with Crippen molar-refractivity contribution in [2.75, 3.05) is 0 Å². The average molecular weight is 421 g/mol. The van der Waals surface area contributed by atoms with Gasteiger partial charge < -0.3 is 4.74 Å². The minimum Gasteiger partial charge on any atom is -0.426 e. The fraction of sp³-hybridized carbons (Fsp3) is 0.417. The Labute approximate surface area is 181 Å². The number of unbranched alkanes of at least 4 members (excludes halogenated alkanes) is 1. The second-order valence-electron chi connectivity index (χ2n) is 8.34. The van der Waals surface area contributed by atoms with E-state index in [1.807, 2.05) is 12.1 Å². The van der Waals surface area contributed by atoms with Crippen molar-refractivity contribution in [3.05, 3.63) is 58.9 Å². The van der Waals surface area contributed by atoms with Crippen LogP contribution in [-0.4, -0.2) is 20.3 Å². The van der Waals surface area contributed by atoms with Gasteiger partial charge in [-0.2, -0.15) is 0 Å². The number of fused-ring (bicyclic) bond motifs is 1. The summed E-state index contributed by atoms with van der Waals surface area (Å²) in [4.78, 5) is 27.6. The molecule has 0 N–H and O–H groups in total. The van der Waals surface area contributed by atoms with Gasteiger partial charge in [-0.25, -0.2) is 4.98 Å². The van der Waals surface area contributed by atoms with Crippen molar-refractivity contribution in [3.8, 4) is 17.0 Å². The van der Waals surface area contributed by atoms with Gasteiger partial charge in [-0.15, -0.1) is 0 Å². The van der Waals surface area contributed by atoms with Crippen molar-refractivity contribution >= 4 is 17.3 Å². The van der Waals surface area contributed by atoms with E-state index in [1.165, 1.54) is 31.5 Å².